The number of carbonyl (C=O) groups excluding carboxylic acids is 1. The summed E-state index contributed by atoms with van der Waals surface area (Å²) in [5.41, 5.74) is 6.83. The fourth-order valence-corrected chi connectivity index (χ4v) is 4.56. The van der Waals surface area contributed by atoms with Crippen LogP contribution >= 0.6 is 12.4 Å². The van der Waals surface area contributed by atoms with Gasteiger partial charge in [-0.2, -0.15) is 4.31 Å². The molecule has 2 rings (SSSR count). The zero-order valence-electron chi connectivity index (χ0n) is 15.6. The molecule has 148 valence electrons. The zero-order chi connectivity index (χ0) is 18.4. The third-order valence-electron chi connectivity index (χ3n) is 4.79. The van der Waals surface area contributed by atoms with E-state index >= 15 is 0 Å². The van der Waals surface area contributed by atoms with E-state index < -0.39 is 10.0 Å². The molecule has 2 N–H and O–H groups in total. The summed E-state index contributed by atoms with van der Waals surface area (Å²) in [6, 6.07) is 7.08. The molecule has 26 heavy (non-hydrogen) atoms. The first kappa shape index (κ1) is 22.9. The van der Waals surface area contributed by atoms with Gasteiger partial charge in [0.15, 0.2) is 0 Å². The van der Waals surface area contributed by atoms with E-state index in [4.69, 9.17) is 5.73 Å². The van der Waals surface area contributed by atoms with Gasteiger partial charge in [-0.15, -0.1) is 12.4 Å². The highest BCUT2D eigenvalue weighted by atomic mass is 35.5. The van der Waals surface area contributed by atoms with Gasteiger partial charge in [-0.05, 0) is 37.0 Å². The lowest BCUT2D eigenvalue weighted by Crippen LogP contribution is -2.42. The van der Waals surface area contributed by atoms with Crippen LogP contribution in [-0.4, -0.2) is 55.8 Å². The molecular weight excluding hydrogens is 374 g/mol. The van der Waals surface area contributed by atoms with Crippen molar-refractivity contribution in [2.24, 2.45) is 5.73 Å². The van der Waals surface area contributed by atoms with Crippen LogP contribution in [0.2, 0.25) is 0 Å². The maximum Gasteiger partial charge on any atom is 0.243 e. The standard InChI is InChI=1S/C18H29N3O3S.ClH/c1-3-21(4-2)25(23,24)17-8-5-15(6-9-17)7-10-18(22)20-13-11-16(19)12-14-20;/h5-6,8-9,16H,3-4,7,10-14,19H2,1-2H3;1H. The lowest BCUT2D eigenvalue weighted by atomic mass is 10.0. The minimum absolute atomic E-state index is 0. The zero-order valence-corrected chi connectivity index (χ0v) is 17.2. The Bertz CT molecular complexity index is 667. The van der Waals surface area contributed by atoms with Crippen molar-refractivity contribution in [1.29, 1.82) is 0 Å². The van der Waals surface area contributed by atoms with Crippen molar-refractivity contribution in [2.75, 3.05) is 26.2 Å². The van der Waals surface area contributed by atoms with E-state index in [1.807, 2.05) is 18.7 Å². The molecule has 1 aromatic rings. The van der Waals surface area contributed by atoms with E-state index in [2.05, 4.69) is 0 Å². The van der Waals surface area contributed by atoms with E-state index in [1.54, 1.807) is 24.3 Å². The molecule has 0 atom stereocenters. The number of sulfonamides is 1. The molecule has 6 nitrogen and oxygen atoms in total. The summed E-state index contributed by atoms with van der Waals surface area (Å²) in [5, 5.41) is 0. The monoisotopic (exact) mass is 403 g/mol. The van der Waals surface area contributed by atoms with Gasteiger partial charge in [-0.25, -0.2) is 8.42 Å². The molecule has 8 heteroatoms. The normalized spacial score (nSPS) is 15.8. The first-order valence-corrected chi connectivity index (χ1v) is 10.4. The molecular formula is C18H30ClN3O3S. The van der Waals surface area contributed by atoms with E-state index in [1.165, 1.54) is 4.31 Å². The van der Waals surface area contributed by atoms with Gasteiger partial charge in [0.25, 0.3) is 0 Å². The van der Waals surface area contributed by atoms with E-state index in [0.717, 1.165) is 31.5 Å². The van der Waals surface area contributed by atoms with Crippen molar-refractivity contribution in [1.82, 2.24) is 9.21 Å². The quantitative estimate of drug-likeness (QED) is 0.754. The fourth-order valence-electron chi connectivity index (χ4n) is 3.10. The second-order valence-electron chi connectivity index (χ2n) is 6.45. The summed E-state index contributed by atoms with van der Waals surface area (Å²) in [6.07, 6.45) is 2.79. The van der Waals surface area contributed by atoms with Crippen LogP contribution in [0.15, 0.2) is 29.2 Å². The molecule has 1 aromatic carbocycles. The van der Waals surface area contributed by atoms with E-state index in [0.29, 0.717) is 30.8 Å². The maximum atomic E-state index is 12.5. The Labute approximate surface area is 163 Å². The Morgan fingerprint density at radius 3 is 2.19 bits per heavy atom. The summed E-state index contributed by atoms with van der Waals surface area (Å²) in [5.74, 6) is 0.145. The number of hydrogen-bond acceptors (Lipinski definition) is 4. The molecule has 0 unspecified atom stereocenters. The van der Waals surface area contributed by atoms with Gasteiger partial charge in [0.1, 0.15) is 0 Å². The Hall–Kier alpha value is -1.15. The number of likely N-dealkylation sites (tertiary alicyclic amines) is 1. The number of nitrogens with zero attached hydrogens (tertiary/aromatic N) is 2. The first-order valence-electron chi connectivity index (χ1n) is 9.01. The second-order valence-corrected chi connectivity index (χ2v) is 8.39. The number of amides is 1. The number of rotatable bonds is 7. The van der Waals surface area contributed by atoms with Gasteiger partial charge in [0.05, 0.1) is 4.90 Å². The highest BCUT2D eigenvalue weighted by Crippen LogP contribution is 2.17. The van der Waals surface area contributed by atoms with Crippen LogP contribution in [-0.2, 0) is 21.2 Å². The van der Waals surface area contributed by atoms with Crippen molar-refractivity contribution in [3.8, 4) is 0 Å². The molecule has 1 aliphatic heterocycles. The number of aryl methyl sites for hydroxylation is 1. The van der Waals surface area contributed by atoms with Crippen molar-refractivity contribution >= 4 is 28.3 Å². The molecule has 0 saturated carbocycles. The summed E-state index contributed by atoms with van der Waals surface area (Å²) < 4.78 is 26.4. The lowest BCUT2D eigenvalue weighted by molar-refractivity contribution is -0.132. The van der Waals surface area contributed by atoms with Crippen LogP contribution in [0.3, 0.4) is 0 Å². The molecule has 1 fully saturated rings. The van der Waals surface area contributed by atoms with Crippen LogP contribution in [0.5, 0.6) is 0 Å². The second kappa shape index (κ2) is 10.3. The molecule has 0 spiro atoms. The minimum Gasteiger partial charge on any atom is -0.343 e. The molecule has 1 amide bonds. The molecule has 0 aliphatic carbocycles. The molecule has 0 radical (unpaired) electrons. The minimum atomic E-state index is -3.43. The third-order valence-corrected chi connectivity index (χ3v) is 6.85. The van der Waals surface area contributed by atoms with Gasteiger partial charge in [0.2, 0.25) is 15.9 Å². The highest BCUT2D eigenvalue weighted by Gasteiger charge is 2.22. The van der Waals surface area contributed by atoms with Gasteiger partial charge in [0, 0.05) is 38.6 Å². The summed E-state index contributed by atoms with van der Waals surface area (Å²) in [4.78, 5) is 14.4. The predicted octanol–water partition coefficient (Wildman–Crippen LogP) is 2.02. The SMILES string of the molecule is CCN(CC)S(=O)(=O)c1ccc(CCC(=O)N2CCC(N)CC2)cc1.Cl. The van der Waals surface area contributed by atoms with Crippen molar-refractivity contribution in [2.45, 2.75) is 50.5 Å². The van der Waals surface area contributed by atoms with Crippen LogP contribution in [0, 0.1) is 0 Å². The summed E-state index contributed by atoms with van der Waals surface area (Å²) >= 11 is 0. The van der Waals surface area contributed by atoms with Crippen LogP contribution in [0.1, 0.15) is 38.7 Å². The fraction of sp³-hybridized carbons (Fsp3) is 0.611. The Kier molecular flexibility index (Phi) is 9.03. The molecule has 0 bridgehead atoms. The predicted molar refractivity (Wildman–Crippen MR) is 106 cm³/mol. The topological polar surface area (TPSA) is 83.7 Å². The third kappa shape index (κ3) is 5.67. The largest absolute Gasteiger partial charge is 0.343 e. The molecule has 1 aliphatic rings. The number of carbonyl (C=O) groups is 1. The Morgan fingerprint density at radius 1 is 1.15 bits per heavy atom. The number of benzene rings is 1. The van der Waals surface area contributed by atoms with Crippen molar-refractivity contribution < 1.29 is 13.2 Å². The Balaban J connectivity index is 0.00000338. The van der Waals surface area contributed by atoms with Crippen molar-refractivity contribution in [3.63, 3.8) is 0 Å². The smallest absolute Gasteiger partial charge is 0.243 e. The van der Waals surface area contributed by atoms with Gasteiger partial charge < -0.3 is 10.6 Å². The van der Waals surface area contributed by atoms with Gasteiger partial charge in [-0.1, -0.05) is 26.0 Å². The summed E-state index contributed by atoms with van der Waals surface area (Å²) in [7, 11) is -3.43. The number of nitrogens with two attached hydrogens (primary N) is 1. The highest BCUT2D eigenvalue weighted by molar-refractivity contribution is 7.89. The van der Waals surface area contributed by atoms with E-state index in [-0.39, 0.29) is 24.4 Å². The van der Waals surface area contributed by atoms with E-state index in [9.17, 15) is 13.2 Å². The first-order chi connectivity index (χ1) is 11.9. The molecule has 1 saturated heterocycles. The van der Waals surface area contributed by atoms with Crippen LogP contribution in [0.4, 0.5) is 0 Å². The average molecular weight is 404 g/mol. The van der Waals surface area contributed by atoms with Crippen LogP contribution < -0.4 is 5.73 Å². The van der Waals surface area contributed by atoms with Crippen LogP contribution in [0.25, 0.3) is 0 Å². The Morgan fingerprint density at radius 2 is 1.69 bits per heavy atom. The molecule has 1 heterocycles. The van der Waals surface area contributed by atoms with Gasteiger partial charge in [-0.3, -0.25) is 4.79 Å². The lowest BCUT2D eigenvalue weighted by Gasteiger charge is -2.30. The van der Waals surface area contributed by atoms with Crippen molar-refractivity contribution in [3.05, 3.63) is 29.8 Å². The summed E-state index contributed by atoms with van der Waals surface area (Å²) in [6.45, 7) is 6.04. The average Bonchev–Trinajstić information content (AvgIpc) is 2.61. The molecule has 0 aromatic heterocycles. The number of piperidine rings is 1. The van der Waals surface area contributed by atoms with Gasteiger partial charge >= 0.3 is 0 Å². The maximum absolute atomic E-state index is 12.5. The number of hydrogen-bond donors (Lipinski definition) is 1. The number of halogens is 1.